The maximum atomic E-state index is 15.4. The second-order valence-corrected chi connectivity index (χ2v) is 16.8. The Balaban J connectivity index is 1.40. The first-order chi connectivity index (χ1) is 24.9. The summed E-state index contributed by atoms with van der Waals surface area (Å²) in [6.45, 7) is 3.48. The number of carbonyl (C=O) groups excluding carboxylic acids is 1. The molecule has 0 fully saturated rings. The lowest BCUT2D eigenvalue weighted by Gasteiger charge is -2.25. The summed E-state index contributed by atoms with van der Waals surface area (Å²) < 4.78 is 58.5. The molecule has 0 aliphatic carbocycles. The highest BCUT2D eigenvalue weighted by molar-refractivity contribution is 9.10. The fourth-order valence-electron chi connectivity index (χ4n) is 4.57. The summed E-state index contributed by atoms with van der Waals surface area (Å²) in [5.74, 6) is -1.13. The van der Waals surface area contributed by atoms with Crippen LogP contribution in [0.25, 0.3) is 10.6 Å². The number of aromatic carboxylic acids is 1. The van der Waals surface area contributed by atoms with Crippen molar-refractivity contribution in [2.45, 2.75) is 33.0 Å². The van der Waals surface area contributed by atoms with Gasteiger partial charge in [0.2, 0.25) is 11.9 Å². The molecule has 5 aromatic rings. The van der Waals surface area contributed by atoms with Gasteiger partial charge in [-0.05, 0) is 80.9 Å². The molecule has 2 N–H and O–H groups in total. The van der Waals surface area contributed by atoms with Crippen molar-refractivity contribution in [2.75, 3.05) is 11.7 Å². The van der Waals surface area contributed by atoms with Crippen LogP contribution in [0.2, 0.25) is 10.0 Å². The first kappa shape index (κ1) is 40.2. The van der Waals surface area contributed by atoms with Gasteiger partial charge in [0.1, 0.15) is 16.5 Å². The number of anilines is 2. The Morgan fingerprint density at radius 3 is 2.30 bits per heavy atom. The Hall–Kier alpha value is -3.95. The average Bonchev–Trinajstić information content (AvgIpc) is 3.58. The van der Waals surface area contributed by atoms with E-state index in [9.17, 15) is 24.2 Å². The quantitative estimate of drug-likeness (QED) is 0.0661. The van der Waals surface area contributed by atoms with Gasteiger partial charge in [-0.1, -0.05) is 80.8 Å². The summed E-state index contributed by atoms with van der Waals surface area (Å²) in [7, 11) is -5.69. The van der Waals surface area contributed by atoms with E-state index in [-0.39, 0.29) is 21.6 Å². The lowest BCUT2D eigenvalue weighted by atomic mass is 9.98. The molecular formula is C35H29BrCl2F2N3O8PS. The van der Waals surface area contributed by atoms with Gasteiger partial charge < -0.3 is 24.4 Å². The Kier molecular flexibility index (Phi) is 12.3. The maximum absolute atomic E-state index is 15.4. The third kappa shape index (κ3) is 9.60. The van der Waals surface area contributed by atoms with Gasteiger partial charge >= 0.3 is 25.2 Å². The zero-order valence-electron chi connectivity index (χ0n) is 27.9. The van der Waals surface area contributed by atoms with Crippen LogP contribution < -0.4 is 9.64 Å². The topological polar surface area (TPSA) is 148 Å². The van der Waals surface area contributed by atoms with Crippen LogP contribution in [0.3, 0.4) is 0 Å². The predicted molar refractivity (Wildman–Crippen MR) is 200 cm³/mol. The molecule has 0 spiro atoms. The molecule has 11 nitrogen and oxygen atoms in total. The number of hydrogen-bond donors (Lipinski definition) is 2. The summed E-state index contributed by atoms with van der Waals surface area (Å²) in [6.07, 6.45) is 0. The Morgan fingerprint density at radius 2 is 1.64 bits per heavy atom. The van der Waals surface area contributed by atoms with Gasteiger partial charge in [-0.2, -0.15) is 8.78 Å². The predicted octanol–water partition coefficient (Wildman–Crippen LogP) is 10.9. The first-order valence-corrected chi connectivity index (χ1v) is 19.3. The smallest absolute Gasteiger partial charge is 0.404 e. The van der Waals surface area contributed by atoms with Gasteiger partial charge in [-0.3, -0.25) is 13.9 Å². The molecular weight excluding hydrogens is 842 g/mol. The van der Waals surface area contributed by atoms with E-state index in [1.807, 2.05) is 0 Å². The lowest BCUT2D eigenvalue weighted by Crippen LogP contribution is -2.25. The van der Waals surface area contributed by atoms with E-state index in [0.717, 1.165) is 6.07 Å². The highest BCUT2D eigenvalue weighted by Gasteiger charge is 2.54. The first-order valence-electron chi connectivity index (χ1n) is 15.3. The summed E-state index contributed by atoms with van der Waals surface area (Å²) in [4.78, 5) is 35.3. The van der Waals surface area contributed by atoms with Crippen LogP contribution in [0, 0.1) is 5.41 Å². The number of benzene rings is 4. The standard InChI is InChI=1S/C35H29BrCl2F2N3O8PS/c1-34(2,3)32(46)49-19-50-52(47,48)35(39,40)26-12-10-20(14-27(26)36)18-43(23-11-13-28(37)29(38)17-23)33-42-41-30(53-33)21-6-4-8-24(15-21)51-25-9-5-7-22(16-25)31(44)45/h4-17H,18-19H2,1-3H3,(H,44,45)(H,47,48). The van der Waals surface area contributed by atoms with Gasteiger partial charge in [-0.25, -0.2) is 4.79 Å². The van der Waals surface area contributed by atoms with Crippen LogP contribution in [0.15, 0.2) is 89.4 Å². The number of carboxylic acids is 1. The maximum Gasteiger partial charge on any atom is 0.404 e. The SMILES string of the molecule is CC(C)(C)C(=O)OCOP(=O)(O)C(F)(F)c1ccc(CN(c2ccc(Cl)c(Cl)c2)c2nnc(-c3cccc(Oc4cccc(C(=O)O)c4)c3)s2)cc1Br. The zero-order chi connectivity index (χ0) is 38.7. The number of nitrogens with zero attached hydrogens (tertiary/aromatic N) is 3. The van der Waals surface area contributed by atoms with Gasteiger partial charge in [0, 0.05) is 21.3 Å². The average molecular weight is 871 g/mol. The molecule has 4 aromatic carbocycles. The number of ether oxygens (including phenoxy) is 2. The van der Waals surface area contributed by atoms with E-state index in [2.05, 4.69) is 30.7 Å². The van der Waals surface area contributed by atoms with Crippen molar-refractivity contribution < 1.29 is 46.9 Å². The fourth-order valence-corrected chi connectivity index (χ4v) is 7.41. The molecule has 0 bridgehead atoms. The van der Waals surface area contributed by atoms with Crippen LogP contribution in [0.1, 0.15) is 42.3 Å². The minimum Gasteiger partial charge on any atom is -0.478 e. The summed E-state index contributed by atoms with van der Waals surface area (Å²) >= 11 is 16.9. The van der Waals surface area contributed by atoms with Crippen LogP contribution in [-0.2, 0) is 30.8 Å². The number of carbonyl (C=O) groups is 2. The minimum atomic E-state index is -5.69. The molecule has 1 aromatic heterocycles. The van der Waals surface area contributed by atoms with Crippen molar-refractivity contribution in [3.05, 3.63) is 116 Å². The minimum absolute atomic E-state index is 0.0517. The molecule has 0 aliphatic heterocycles. The second kappa shape index (κ2) is 16.2. The summed E-state index contributed by atoms with van der Waals surface area (Å²) in [5.41, 5.74) is -4.45. The highest BCUT2D eigenvalue weighted by Crippen LogP contribution is 2.64. The summed E-state index contributed by atoms with van der Waals surface area (Å²) in [5, 5.41) is 19.5. The third-order valence-electron chi connectivity index (χ3n) is 7.34. The molecule has 53 heavy (non-hydrogen) atoms. The van der Waals surface area contributed by atoms with Gasteiger partial charge in [0.05, 0.1) is 27.6 Å². The van der Waals surface area contributed by atoms with Gasteiger partial charge in [0.25, 0.3) is 0 Å². The monoisotopic (exact) mass is 869 g/mol. The van der Waals surface area contributed by atoms with Crippen LogP contribution >= 0.6 is 58.1 Å². The van der Waals surface area contributed by atoms with E-state index in [1.165, 1.54) is 56.4 Å². The molecule has 1 unspecified atom stereocenters. The number of halogens is 5. The van der Waals surface area contributed by atoms with Gasteiger partial charge in [0.15, 0.2) is 0 Å². The molecule has 5 rings (SSSR count). The van der Waals surface area contributed by atoms with Crippen LogP contribution in [0.5, 0.6) is 11.5 Å². The molecule has 0 amide bonds. The number of aromatic nitrogens is 2. The van der Waals surface area contributed by atoms with E-state index >= 15 is 8.78 Å². The van der Waals surface area contributed by atoms with E-state index in [1.54, 1.807) is 59.5 Å². The van der Waals surface area contributed by atoms with Crippen molar-refractivity contribution in [1.29, 1.82) is 0 Å². The Morgan fingerprint density at radius 1 is 0.943 bits per heavy atom. The fraction of sp³-hybridized carbons (Fsp3) is 0.200. The lowest BCUT2D eigenvalue weighted by molar-refractivity contribution is -0.160. The number of rotatable bonds is 13. The van der Waals surface area contributed by atoms with Crippen LogP contribution in [-0.4, -0.2) is 38.9 Å². The second-order valence-electron chi connectivity index (χ2n) is 12.3. The molecule has 0 radical (unpaired) electrons. The molecule has 1 atom stereocenters. The number of carboxylic acid groups (broad SMARTS) is 1. The van der Waals surface area contributed by atoms with Gasteiger partial charge in [-0.15, -0.1) is 10.2 Å². The molecule has 1 heterocycles. The Bertz CT molecular complexity index is 2220. The molecule has 0 saturated heterocycles. The largest absolute Gasteiger partial charge is 0.478 e. The Labute approximate surface area is 324 Å². The summed E-state index contributed by atoms with van der Waals surface area (Å²) in [6, 6.07) is 21.6. The van der Waals surface area contributed by atoms with E-state index < -0.39 is 43.0 Å². The molecule has 278 valence electrons. The van der Waals surface area contributed by atoms with E-state index in [0.29, 0.717) is 43.5 Å². The van der Waals surface area contributed by atoms with Crippen molar-refractivity contribution in [3.63, 3.8) is 0 Å². The number of esters is 1. The van der Waals surface area contributed by atoms with Crippen molar-refractivity contribution in [2.24, 2.45) is 5.41 Å². The number of alkyl halides is 2. The molecule has 0 saturated carbocycles. The normalized spacial score (nSPS) is 12.9. The van der Waals surface area contributed by atoms with Crippen LogP contribution in [0.4, 0.5) is 19.6 Å². The highest BCUT2D eigenvalue weighted by atomic mass is 79.9. The van der Waals surface area contributed by atoms with E-state index in [4.69, 9.17) is 32.7 Å². The third-order valence-corrected chi connectivity index (χ3v) is 11.1. The van der Waals surface area contributed by atoms with Crippen molar-refractivity contribution in [3.8, 4) is 22.1 Å². The van der Waals surface area contributed by atoms with Crippen molar-refractivity contribution >= 4 is 80.8 Å². The molecule has 18 heteroatoms. The van der Waals surface area contributed by atoms with Crippen molar-refractivity contribution in [1.82, 2.24) is 10.2 Å². The number of hydrogen-bond acceptors (Lipinski definition) is 10. The molecule has 0 aliphatic rings. The zero-order valence-corrected chi connectivity index (χ0v) is 32.7.